The van der Waals surface area contributed by atoms with E-state index in [2.05, 4.69) is 0 Å². The molecule has 2 rings (SSSR count). The zero-order valence-corrected chi connectivity index (χ0v) is 12.8. The number of rotatable bonds is 5. The average molecular weight is 317 g/mol. The number of piperidine rings is 1. The molecule has 0 aromatic heterocycles. The van der Waals surface area contributed by atoms with Gasteiger partial charge in [0.1, 0.15) is 11.6 Å². The monoisotopic (exact) mass is 316 g/mol. The van der Waals surface area contributed by atoms with Crippen LogP contribution in [0.1, 0.15) is 25.7 Å². The third kappa shape index (κ3) is 5.89. The van der Waals surface area contributed by atoms with Crippen LogP contribution in [0.5, 0.6) is 5.75 Å². The molecule has 4 nitrogen and oxygen atoms in total. The molecule has 1 aliphatic rings. The maximum atomic E-state index is 12.7. The standard InChI is InChI=1S/C15H21FN2O2.ClH/c16-12-3-5-14(6-4-12)20-11-1-2-15(19)18-9-7-13(17)8-10-18;/h3-6,13H,1-2,7-11,17H2;1H. The molecule has 0 aliphatic carbocycles. The van der Waals surface area contributed by atoms with Gasteiger partial charge in [0.15, 0.2) is 0 Å². The first kappa shape index (κ1) is 17.7. The fourth-order valence-corrected chi connectivity index (χ4v) is 2.25. The zero-order chi connectivity index (χ0) is 14.4. The van der Waals surface area contributed by atoms with Crippen LogP contribution in [0.4, 0.5) is 4.39 Å². The van der Waals surface area contributed by atoms with E-state index in [-0.39, 0.29) is 30.2 Å². The molecule has 1 fully saturated rings. The summed E-state index contributed by atoms with van der Waals surface area (Å²) in [4.78, 5) is 13.8. The molecule has 1 aromatic carbocycles. The second-order valence-electron chi connectivity index (χ2n) is 5.12. The van der Waals surface area contributed by atoms with E-state index in [1.54, 1.807) is 12.1 Å². The van der Waals surface area contributed by atoms with E-state index in [0.29, 0.717) is 25.2 Å². The Hall–Kier alpha value is -1.33. The summed E-state index contributed by atoms with van der Waals surface area (Å²) < 4.78 is 18.2. The van der Waals surface area contributed by atoms with Gasteiger partial charge in [0, 0.05) is 25.6 Å². The van der Waals surface area contributed by atoms with Crippen LogP contribution in [0, 0.1) is 5.82 Å². The Balaban J connectivity index is 0.00000220. The van der Waals surface area contributed by atoms with Crippen molar-refractivity contribution in [2.45, 2.75) is 31.7 Å². The average Bonchev–Trinajstić information content (AvgIpc) is 2.46. The van der Waals surface area contributed by atoms with Crippen molar-refractivity contribution in [1.29, 1.82) is 0 Å². The predicted octanol–water partition coefficient (Wildman–Crippen LogP) is 2.36. The Kier molecular flexibility index (Phi) is 7.47. The molecule has 1 saturated heterocycles. The van der Waals surface area contributed by atoms with Crippen molar-refractivity contribution in [3.8, 4) is 5.75 Å². The van der Waals surface area contributed by atoms with Gasteiger partial charge in [-0.25, -0.2) is 4.39 Å². The molecule has 1 aromatic rings. The second-order valence-corrected chi connectivity index (χ2v) is 5.12. The Morgan fingerprint density at radius 3 is 2.52 bits per heavy atom. The maximum absolute atomic E-state index is 12.7. The summed E-state index contributed by atoms with van der Waals surface area (Å²) in [5.74, 6) is 0.512. The van der Waals surface area contributed by atoms with E-state index in [9.17, 15) is 9.18 Å². The third-order valence-corrected chi connectivity index (χ3v) is 3.51. The van der Waals surface area contributed by atoms with Crippen LogP contribution in [-0.2, 0) is 4.79 Å². The molecule has 0 radical (unpaired) electrons. The number of amides is 1. The van der Waals surface area contributed by atoms with Gasteiger partial charge < -0.3 is 15.4 Å². The predicted molar refractivity (Wildman–Crippen MR) is 82.2 cm³/mol. The number of carbonyl (C=O) groups is 1. The van der Waals surface area contributed by atoms with Gasteiger partial charge in [-0.1, -0.05) is 0 Å². The largest absolute Gasteiger partial charge is 0.494 e. The van der Waals surface area contributed by atoms with Crippen molar-refractivity contribution in [2.75, 3.05) is 19.7 Å². The minimum Gasteiger partial charge on any atom is -0.494 e. The Morgan fingerprint density at radius 2 is 1.90 bits per heavy atom. The zero-order valence-electron chi connectivity index (χ0n) is 12.0. The molecule has 0 bridgehead atoms. The number of benzene rings is 1. The molecule has 0 spiro atoms. The van der Waals surface area contributed by atoms with Crippen molar-refractivity contribution in [1.82, 2.24) is 4.90 Å². The van der Waals surface area contributed by atoms with Gasteiger partial charge >= 0.3 is 0 Å². The molecule has 2 N–H and O–H groups in total. The highest BCUT2D eigenvalue weighted by molar-refractivity contribution is 5.85. The lowest BCUT2D eigenvalue weighted by Crippen LogP contribution is -2.42. The van der Waals surface area contributed by atoms with Gasteiger partial charge in [0.05, 0.1) is 6.61 Å². The summed E-state index contributed by atoms with van der Waals surface area (Å²) in [5, 5.41) is 0. The highest BCUT2D eigenvalue weighted by Gasteiger charge is 2.19. The summed E-state index contributed by atoms with van der Waals surface area (Å²) in [7, 11) is 0. The van der Waals surface area contributed by atoms with Crippen molar-refractivity contribution in [3.63, 3.8) is 0 Å². The summed E-state index contributed by atoms with van der Waals surface area (Å²) in [6.45, 7) is 1.99. The van der Waals surface area contributed by atoms with Gasteiger partial charge in [-0.05, 0) is 43.5 Å². The number of halogens is 2. The van der Waals surface area contributed by atoms with Crippen LogP contribution < -0.4 is 10.5 Å². The molecular weight excluding hydrogens is 295 g/mol. The van der Waals surface area contributed by atoms with Crippen molar-refractivity contribution in [3.05, 3.63) is 30.1 Å². The van der Waals surface area contributed by atoms with Gasteiger partial charge in [-0.2, -0.15) is 0 Å². The fraction of sp³-hybridized carbons (Fsp3) is 0.533. The molecule has 1 heterocycles. The number of likely N-dealkylation sites (tertiary alicyclic amines) is 1. The summed E-state index contributed by atoms with van der Waals surface area (Å²) >= 11 is 0. The Morgan fingerprint density at radius 1 is 1.29 bits per heavy atom. The lowest BCUT2D eigenvalue weighted by molar-refractivity contribution is -0.132. The van der Waals surface area contributed by atoms with Crippen molar-refractivity contribution >= 4 is 18.3 Å². The molecule has 0 atom stereocenters. The van der Waals surface area contributed by atoms with E-state index in [1.165, 1.54) is 12.1 Å². The van der Waals surface area contributed by atoms with Crippen molar-refractivity contribution < 1.29 is 13.9 Å². The number of hydrogen-bond donors (Lipinski definition) is 1. The SMILES string of the molecule is Cl.NC1CCN(C(=O)CCCOc2ccc(F)cc2)CC1. The van der Waals surface area contributed by atoms with Crippen molar-refractivity contribution in [2.24, 2.45) is 5.73 Å². The first-order valence-corrected chi connectivity index (χ1v) is 7.07. The van der Waals surface area contributed by atoms with Crippen LogP contribution in [0.3, 0.4) is 0 Å². The Labute approximate surface area is 130 Å². The number of nitrogens with two attached hydrogens (primary N) is 1. The Bertz CT molecular complexity index is 434. The number of nitrogens with zero attached hydrogens (tertiary/aromatic N) is 1. The highest BCUT2D eigenvalue weighted by Crippen LogP contribution is 2.13. The van der Waals surface area contributed by atoms with Crippen LogP contribution in [0.25, 0.3) is 0 Å². The number of hydrogen-bond acceptors (Lipinski definition) is 3. The number of carbonyl (C=O) groups excluding carboxylic acids is 1. The topological polar surface area (TPSA) is 55.6 Å². The van der Waals surface area contributed by atoms with E-state index < -0.39 is 0 Å². The highest BCUT2D eigenvalue weighted by atomic mass is 35.5. The smallest absolute Gasteiger partial charge is 0.222 e. The van der Waals surface area contributed by atoms with Gasteiger partial charge in [-0.3, -0.25) is 4.79 Å². The first-order chi connectivity index (χ1) is 9.65. The van der Waals surface area contributed by atoms with E-state index >= 15 is 0 Å². The van der Waals surface area contributed by atoms with Crippen LogP contribution in [0.15, 0.2) is 24.3 Å². The van der Waals surface area contributed by atoms with Gasteiger partial charge in [0.25, 0.3) is 0 Å². The van der Waals surface area contributed by atoms with Crippen LogP contribution >= 0.6 is 12.4 Å². The molecular formula is C15H22ClFN2O2. The minimum atomic E-state index is -0.282. The van der Waals surface area contributed by atoms with Crippen LogP contribution in [-0.4, -0.2) is 36.5 Å². The van der Waals surface area contributed by atoms with Gasteiger partial charge in [-0.15, -0.1) is 12.4 Å². The van der Waals surface area contributed by atoms with Crippen LogP contribution in [0.2, 0.25) is 0 Å². The molecule has 118 valence electrons. The van der Waals surface area contributed by atoms with E-state index in [4.69, 9.17) is 10.5 Å². The summed E-state index contributed by atoms with van der Waals surface area (Å²) in [6.07, 6.45) is 2.92. The summed E-state index contributed by atoms with van der Waals surface area (Å²) in [5.41, 5.74) is 5.81. The molecule has 21 heavy (non-hydrogen) atoms. The molecule has 1 aliphatic heterocycles. The lowest BCUT2D eigenvalue weighted by Gasteiger charge is -2.30. The third-order valence-electron chi connectivity index (χ3n) is 3.51. The van der Waals surface area contributed by atoms with Gasteiger partial charge in [0.2, 0.25) is 5.91 Å². The van der Waals surface area contributed by atoms with E-state index in [0.717, 1.165) is 25.9 Å². The quantitative estimate of drug-likeness (QED) is 0.848. The number of ether oxygens (including phenoxy) is 1. The second kappa shape index (κ2) is 8.85. The molecule has 1 amide bonds. The first-order valence-electron chi connectivity index (χ1n) is 7.07. The lowest BCUT2D eigenvalue weighted by atomic mass is 10.1. The normalized spacial score (nSPS) is 15.4. The fourth-order valence-electron chi connectivity index (χ4n) is 2.25. The maximum Gasteiger partial charge on any atom is 0.222 e. The molecule has 0 saturated carbocycles. The summed E-state index contributed by atoms with van der Waals surface area (Å²) in [6, 6.07) is 6.13. The molecule has 0 unspecified atom stereocenters. The molecule has 6 heteroatoms. The van der Waals surface area contributed by atoms with E-state index in [1.807, 2.05) is 4.90 Å². The minimum absolute atomic E-state index is 0.